The average Bonchev–Trinajstić information content (AvgIpc) is 3.44. The van der Waals surface area contributed by atoms with Gasteiger partial charge in [0, 0.05) is 18.4 Å². The van der Waals surface area contributed by atoms with Crippen LogP contribution in [0.25, 0.3) is 0 Å². The van der Waals surface area contributed by atoms with E-state index in [1.807, 2.05) is 18.2 Å². The van der Waals surface area contributed by atoms with Crippen LogP contribution in [0.5, 0.6) is 11.5 Å². The maximum absolute atomic E-state index is 12.6. The number of ether oxygens (including phenoxy) is 2. The molecular weight excluding hydrogens is 528 g/mol. The molecule has 0 bridgehead atoms. The third-order valence-corrected chi connectivity index (χ3v) is 7.83. The van der Waals surface area contributed by atoms with Crippen molar-refractivity contribution in [2.75, 3.05) is 24.4 Å². The molecule has 3 rings (SSSR count). The number of unbranched alkanes of at least 4 members (excludes halogenated alkanes) is 11. The highest BCUT2D eigenvalue weighted by Gasteiger charge is 2.13. The van der Waals surface area contributed by atoms with E-state index in [1.165, 1.54) is 64.2 Å². The predicted molar refractivity (Wildman–Crippen MR) is 166 cm³/mol. The molecule has 2 aromatic rings. The van der Waals surface area contributed by atoms with Crippen molar-refractivity contribution in [1.29, 1.82) is 0 Å². The fraction of sp³-hybridized carbons (Fsp3) is 0.531. The first kappa shape index (κ1) is 31.2. The Bertz CT molecular complexity index is 1020. The topological polar surface area (TPSA) is 50.8 Å². The van der Waals surface area contributed by atoms with Crippen LogP contribution in [0.3, 0.4) is 0 Å². The summed E-state index contributed by atoms with van der Waals surface area (Å²) in [5.74, 6) is 1.72. The number of nitrogens with zero attached hydrogens (tertiary/aromatic N) is 1. The van der Waals surface area contributed by atoms with E-state index in [4.69, 9.17) is 21.1 Å². The minimum atomic E-state index is -0.226. The van der Waals surface area contributed by atoms with E-state index in [1.54, 1.807) is 30.0 Å². The molecule has 1 N–H and O–H groups in total. The molecule has 5 nitrogen and oxygen atoms in total. The number of benzene rings is 2. The molecule has 0 spiro atoms. The Morgan fingerprint density at radius 1 is 0.923 bits per heavy atom. The summed E-state index contributed by atoms with van der Waals surface area (Å²) in [4.78, 5) is 14.8. The Hall–Kier alpha value is -2.31. The van der Waals surface area contributed by atoms with Crippen LogP contribution in [0.2, 0.25) is 5.02 Å². The lowest BCUT2D eigenvalue weighted by Crippen LogP contribution is -2.20. The van der Waals surface area contributed by atoms with E-state index < -0.39 is 0 Å². The number of hydrogen-bond acceptors (Lipinski definition) is 5. The van der Waals surface area contributed by atoms with E-state index in [9.17, 15) is 4.79 Å². The predicted octanol–water partition coefficient (Wildman–Crippen LogP) is 9.41. The second-order valence-electron chi connectivity index (χ2n) is 10.2. The van der Waals surface area contributed by atoms with E-state index in [0.717, 1.165) is 36.5 Å². The maximum Gasteiger partial charge on any atom is 0.262 e. The average molecular weight is 573 g/mol. The van der Waals surface area contributed by atoms with Crippen LogP contribution in [0.1, 0.15) is 89.5 Å². The van der Waals surface area contributed by atoms with Gasteiger partial charge in [-0.05, 0) is 41.7 Å². The Morgan fingerprint density at radius 3 is 2.31 bits per heavy atom. The minimum absolute atomic E-state index is 0.120. The summed E-state index contributed by atoms with van der Waals surface area (Å²) in [6.45, 7) is 3.54. The van der Waals surface area contributed by atoms with Crippen molar-refractivity contribution in [2.45, 2.75) is 90.5 Å². The number of rotatable bonds is 20. The SMILES string of the molecule is CCCCCCCCCCCCCCOc1c(Cl)cccc1OCC(=O)Nc1cccc(CN2C=CSC2)c1. The molecule has 0 aliphatic carbocycles. The van der Waals surface area contributed by atoms with Crippen LogP contribution in [0.15, 0.2) is 54.1 Å². The molecule has 0 saturated heterocycles. The monoisotopic (exact) mass is 572 g/mol. The van der Waals surface area contributed by atoms with Gasteiger partial charge < -0.3 is 19.7 Å². The third kappa shape index (κ3) is 12.6. The minimum Gasteiger partial charge on any atom is -0.488 e. The summed E-state index contributed by atoms with van der Waals surface area (Å²) >= 11 is 8.17. The molecule has 0 fully saturated rings. The van der Waals surface area contributed by atoms with Crippen LogP contribution in [0, 0.1) is 0 Å². The number of amides is 1. The molecule has 7 heteroatoms. The van der Waals surface area contributed by atoms with Crippen LogP contribution in [-0.4, -0.2) is 29.9 Å². The number of nitrogens with one attached hydrogen (secondary N) is 1. The number of anilines is 1. The van der Waals surface area contributed by atoms with Gasteiger partial charge in [0.05, 0.1) is 17.5 Å². The lowest BCUT2D eigenvalue weighted by Gasteiger charge is -2.16. The largest absolute Gasteiger partial charge is 0.488 e. The first-order chi connectivity index (χ1) is 19.2. The van der Waals surface area contributed by atoms with Gasteiger partial charge in [0.25, 0.3) is 5.91 Å². The van der Waals surface area contributed by atoms with Crippen LogP contribution < -0.4 is 14.8 Å². The molecule has 0 saturated carbocycles. The Morgan fingerprint density at radius 2 is 1.62 bits per heavy atom. The molecule has 1 aliphatic heterocycles. The number of thioether (sulfide) groups is 1. The Kier molecular flexibility index (Phi) is 15.1. The van der Waals surface area contributed by atoms with Crippen LogP contribution >= 0.6 is 23.4 Å². The zero-order chi connectivity index (χ0) is 27.5. The summed E-state index contributed by atoms with van der Waals surface area (Å²) in [5, 5.41) is 5.51. The summed E-state index contributed by atoms with van der Waals surface area (Å²) in [5.41, 5.74) is 1.90. The first-order valence-corrected chi connectivity index (χ1v) is 16.0. The third-order valence-electron chi connectivity index (χ3n) is 6.74. The second-order valence-corrected chi connectivity index (χ2v) is 11.4. The fourth-order valence-electron chi connectivity index (χ4n) is 4.59. The molecule has 1 amide bonds. The van der Waals surface area contributed by atoms with Crippen molar-refractivity contribution in [1.82, 2.24) is 4.90 Å². The standard InChI is InChI=1S/C32H45ClN2O3S/c1-2-3-4-5-6-7-8-9-10-11-12-13-21-37-32-29(33)18-15-19-30(32)38-25-31(36)34-28-17-14-16-27(23-28)24-35-20-22-39-26-35/h14-20,22-23H,2-13,21,24-26H2,1H3,(H,34,36). The molecule has 0 atom stereocenters. The molecule has 214 valence electrons. The van der Waals surface area contributed by atoms with Gasteiger partial charge in [0.2, 0.25) is 0 Å². The molecule has 0 radical (unpaired) electrons. The fourth-order valence-corrected chi connectivity index (χ4v) is 5.53. The van der Waals surface area contributed by atoms with Crippen LogP contribution in [0.4, 0.5) is 5.69 Å². The summed E-state index contributed by atoms with van der Waals surface area (Å²) < 4.78 is 11.8. The maximum atomic E-state index is 12.6. The normalized spacial score (nSPS) is 12.6. The molecule has 0 aromatic heterocycles. The van der Waals surface area contributed by atoms with Crippen molar-refractivity contribution in [3.63, 3.8) is 0 Å². The highest BCUT2D eigenvalue weighted by molar-refractivity contribution is 8.02. The van der Waals surface area contributed by atoms with Gasteiger partial charge in [0.15, 0.2) is 18.1 Å². The van der Waals surface area contributed by atoms with Gasteiger partial charge >= 0.3 is 0 Å². The number of para-hydroxylation sites is 1. The second kappa shape index (κ2) is 18.9. The molecule has 1 heterocycles. The van der Waals surface area contributed by atoms with Crippen molar-refractivity contribution in [2.24, 2.45) is 0 Å². The van der Waals surface area contributed by atoms with Gasteiger partial charge in [-0.2, -0.15) is 0 Å². The summed E-state index contributed by atoms with van der Waals surface area (Å²) in [6, 6.07) is 13.3. The van der Waals surface area contributed by atoms with Crippen molar-refractivity contribution >= 4 is 35.0 Å². The number of halogens is 1. The smallest absolute Gasteiger partial charge is 0.262 e. The highest BCUT2D eigenvalue weighted by Crippen LogP contribution is 2.35. The van der Waals surface area contributed by atoms with Gasteiger partial charge in [-0.1, -0.05) is 107 Å². The van der Waals surface area contributed by atoms with Gasteiger partial charge in [0.1, 0.15) is 0 Å². The van der Waals surface area contributed by atoms with Crippen molar-refractivity contribution < 1.29 is 14.3 Å². The molecule has 2 aromatic carbocycles. The Labute approximate surface area is 244 Å². The zero-order valence-corrected chi connectivity index (χ0v) is 25.0. The molecular formula is C32H45ClN2O3S. The Balaban J connectivity index is 1.32. The molecule has 1 aliphatic rings. The van der Waals surface area contributed by atoms with Crippen molar-refractivity contribution in [3.05, 3.63) is 64.7 Å². The summed E-state index contributed by atoms with van der Waals surface area (Å²) in [7, 11) is 0. The van der Waals surface area contributed by atoms with E-state index in [0.29, 0.717) is 23.1 Å². The number of carbonyl (C=O) groups is 1. The van der Waals surface area contributed by atoms with E-state index >= 15 is 0 Å². The van der Waals surface area contributed by atoms with E-state index in [2.05, 4.69) is 34.8 Å². The van der Waals surface area contributed by atoms with Crippen LogP contribution in [-0.2, 0) is 11.3 Å². The lowest BCUT2D eigenvalue weighted by atomic mass is 10.1. The number of hydrogen-bond donors (Lipinski definition) is 1. The summed E-state index contributed by atoms with van der Waals surface area (Å²) in [6.07, 6.45) is 17.7. The van der Waals surface area contributed by atoms with Gasteiger partial charge in [-0.15, -0.1) is 11.8 Å². The number of carbonyl (C=O) groups excluding carboxylic acids is 1. The van der Waals surface area contributed by atoms with Gasteiger partial charge in [-0.25, -0.2) is 0 Å². The molecule has 39 heavy (non-hydrogen) atoms. The quantitative estimate of drug-likeness (QED) is 0.160. The first-order valence-electron chi connectivity index (χ1n) is 14.6. The lowest BCUT2D eigenvalue weighted by molar-refractivity contribution is -0.118. The van der Waals surface area contributed by atoms with Crippen molar-refractivity contribution in [3.8, 4) is 11.5 Å². The van der Waals surface area contributed by atoms with Gasteiger partial charge in [-0.3, -0.25) is 4.79 Å². The zero-order valence-electron chi connectivity index (χ0n) is 23.5. The highest BCUT2D eigenvalue weighted by atomic mass is 35.5. The molecule has 0 unspecified atom stereocenters. The van der Waals surface area contributed by atoms with E-state index in [-0.39, 0.29) is 12.5 Å².